The van der Waals surface area contributed by atoms with Gasteiger partial charge in [-0.1, -0.05) is 0 Å². The average molecular weight is 398 g/mol. The molecule has 0 radical (unpaired) electrons. The van der Waals surface area contributed by atoms with Gasteiger partial charge in [0.2, 0.25) is 0 Å². The van der Waals surface area contributed by atoms with Crippen molar-refractivity contribution in [2.45, 2.75) is 13.1 Å². The average Bonchev–Trinajstić information content (AvgIpc) is 2.86. The number of alkyl halides is 3. The van der Waals surface area contributed by atoms with E-state index in [0.717, 1.165) is 6.20 Å². The van der Waals surface area contributed by atoms with Crippen molar-refractivity contribution in [3.63, 3.8) is 0 Å². The molecule has 0 aromatic carbocycles. The molecule has 1 N–H and O–H groups in total. The molecule has 23 heavy (non-hydrogen) atoms. The molecular weight excluding hydrogens is 387 g/mol. The van der Waals surface area contributed by atoms with E-state index in [1.54, 1.807) is 0 Å². The second kappa shape index (κ2) is 5.95. The van der Waals surface area contributed by atoms with Crippen molar-refractivity contribution in [1.29, 1.82) is 0 Å². The fourth-order valence-electron chi connectivity index (χ4n) is 2.52. The summed E-state index contributed by atoms with van der Waals surface area (Å²) in [6.45, 7) is 0.491. The maximum atomic E-state index is 13.0. The maximum Gasteiger partial charge on any atom is 0.394 e. The first-order valence-corrected chi connectivity index (χ1v) is 7.17. The van der Waals surface area contributed by atoms with Gasteiger partial charge in [0, 0.05) is 18.7 Å². The zero-order valence-corrected chi connectivity index (χ0v) is 13.3. The molecular formula is C12H11BrF3N3O4. The van der Waals surface area contributed by atoms with Crippen molar-refractivity contribution in [2.24, 2.45) is 11.8 Å². The number of pyridine rings is 1. The van der Waals surface area contributed by atoms with Crippen molar-refractivity contribution in [3.05, 3.63) is 26.3 Å². The quantitative estimate of drug-likeness (QED) is 0.622. The van der Waals surface area contributed by atoms with E-state index in [9.17, 15) is 28.1 Å². The van der Waals surface area contributed by atoms with Crippen molar-refractivity contribution in [3.8, 4) is 0 Å². The lowest BCUT2D eigenvalue weighted by molar-refractivity contribution is -0.385. The molecule has 2 rings (SSSR count). The van der Waals surface area contributed by atoms with Crippen LogP contribution < -0.4 is 4.90 Å². The Morgan fingerprint density at radius 3 is 2.57 bits per heavy atom. The summed E-state index contributed by atoms with van der Waals surface area (Å²) >= 11 is 3.10. The van der Waals surface area contributed by atoms with Crippen LogP contribution in [0.1, 0.15) is 5.56 Å². The van der Waals surface area contributed by atoms with Crippen molar-refractivity contribution in [1.82, 2.24) is 4.98 Å². The summed E-state index contributed by atoms with van der Waals surface area (Å²) < 4.78 is 39.2. The van der Waals surface area contributed by atoms with Crippen LogP contribution in [0.2, 0.25) is 0 Å². The molecule has 1 saturated heterocycles. The molecule has 2 atom stereocenters. The zero-order valence-electron chi connectivity index (χ0n) is 11.7. The van der Waals surface area contributed by atoms with Crippen LogP contribution in [0.25, 0.3) is 0 Å². The van der Waals surface area contributed by atoms with Crippen molar-refractivity contribution in [2.75, 3.05) is 18.0 Å². The summed E-state index contributed by atoms with van der Waals surface area (Å²) in [5.41, 5.74) is -0.0655. The molecule has 126 valence electrons. The number of carboxylic acid groups (broad SMARTS) is 1. The monoisotopic (exact) mass is 397 g/mol. The normalized spacial score (nSPS) is 21.5. The lowest BCUT2D eigenvalue weighted by atomic mass is 9.96. The number of carboxylic acids is 1. The van der Waals surface area contributed by atoms with Crippen LogP contribution >= 0.6 is 15.9 Å². The summed E-state index contributed by atoms with van der Waals surface area (Å²) in [6.07, 6.45) is -3.70. The largest absolute Gasteiger partial charge is 0.481 e. The molecule has 1 fully saturated rings. The third kappa shape index (κ3) is 3.23. The van der Waals surface area contributed by atoms with Crippen LogP contribution in [-0.4, -0.2) is 40.2 Å². The topological polar surface area (TPSA) is 96.6 Å². The Labute approximate surface area is 136 Å². The minimum absolute atomic E-state index is 0.0612. The molecule has 11 heteroatoms. The summed E-state index contributed by atoms with van der Waals surface area (Å²) in [5.74, 6) is -5.11. The summed E-state index contributed by atoms with van der Waals surface area (Å²) in [4.78, 5) is 26.3. The third-order valence-electron chi connectivity index (χ3n) is 3.77. The molecule has 0 amide bonds. The highest BCUT2D eigenvalue weighted by Crippen LogP contribution is 2.41. The number of hydrogen-bond acceptors (Lipinski definition) is 5. The van der Waals surface area contributed by atoms with Gasteiger partial charge in [-0.25, -0.2) is 4.98 Å². The Morgan fingerprint density at radius 2 is 2.13 bits per heavy atom. The number of hydrogen-bond donors (Lipinski definition) is 1. The van der Waals surface area contributed by atoms with Crippen LogP contribution in [0, 0.1) is 28.9 Å². The number of nitro groups is 1. The minimum Gasteiger partial charge on any atom is -0.481 e. The highest BCUT2D eigenvalue weighted by Gasteiger charge is 2.53. The molecule has 1 aliphatic rings. The van der Waals surface area contributed by atoms with Crippen LogP contribution in [-0.2, 0) is 4.79 Å². The molecule has 1 aromatic heterocycles. The van der Waals surface area contributed by atoms with Gasteiger partial charge < -0.3 is 10.0 Å². The van der Waals surface area contributed by atoms with Crippen LogP contribution in [0.3, 0.4) is 0 Å². The van der Waals surface area contributed by atoms with E-state index >= 15 is 0 Å². The molecule has 0 unspecified atom stereocenters. The number of anilines is 1. The molecule has 2 heterocycles. The molecule has 0 aliphatic carbocycles. The van der Waals surface area contributed by atoms with Crippen LogP contribution in [0.5, 0.6) is 0 Å². The molecule has 0 saturated carbocycles. The predicted molar refractivity (Wildman–Crippen MR) is 76.2 cm³/mol. The summed E-state index contributed by atoms with van der Waals surface area (Å²) in [6, 6.07) is 0. The van der Waals surface area contributed by atoms with Gasteiger partial charge in [0.1, 0.15) is 12.0 Å². The number of carbonyl (C=O) groups is 1. The smallest absolute Gasteiger partial charge is 0.394 e. The van der Waals surface area contributed by atoms with Gasteiger partial charge in [-0.3, -0.25) is 14.9 Å². The second-order valence-electron chi connectivity index (χ2n) is 5.16. The van der Waals surface area contributed by atoms with E-state index in [1.165, 1.54) is 11.8 Å². The first-order chi connectivity index (χ1) is 10.5. The molecule has 1 aliphatic heterocycles. The van der Waals surface area contributed by atoms with Crippen LogP contribution in [0.4, 0.5) is 24.7 Å². The standard InChI is InChI=1S/C12H11BrF3N3O4/c1-5-8(19(22)23)2-17-10(9(5)13)18-3-6(11(20)21)7(4-18)12(14,15)16/h2,6-7H,3-4H2,1H3,(H,20,21)/t6-,7-/m1/s1. The Morgan fingerprint density at radius 1 is 1.52 bits per heavy atom. The Balaban J connectivity index is 2.39. The van der Waals surface area contributed by atoms with Crippen molar-refractivity contribution < 1.29 is 28.0 Å². The number of rotatable bonds is 3. The number of halogens is 4. The van der Waals surface area contributed by atoms with E-state index in [4.69, 9.17) is 5.11 Å². The Bertz CT molecular complexity index is 668. The molecule has 1 aromatic rings. The van der Waals surface area contributed by atoms with Gasteiger partial charge in [0.05, 0.1) is 21.2 Å². The lowest BCUT2D eigenvalue weighted by Crippen LogP contribution is -2.33. The number of nitrogens with zero attached hydrogens (tertiary/aromatic N) is 3. The van der Waals surface area contributed by atoms with E-state index in [2.05, 4.69) is 20.9 Å². The summed E-state index contributed by atoms with van der Waals surface area (Å²) in [5, 5.41) is 19.8. The Hall–Kier alpha value is -1.91. The van der Waals surface area contributed by atoms with Crippen LogP contribution in [0.15, 0.2) is 10.7 Å². The van der Waals surface area contributed by atoms with Gasteiger partial charge in [-0.05, 0) is 22.9 Å². The first kappa shape index (κ1) is 17.4. The fourth-order valence-corrected chi connectivity index (χ4v) is 3.08. The van der Waals surface area contributed by atoms with Crippen molar-refractivity contribution >= 4 is 33.4 Å². The molecule has 7 nitrogen and oxygen atoms in total. The number of aromatic nitrogens is 1. The second-order valence-corrected chi connectivity index (χ2v) is 5.95. The zero-order chi connectivity index (χ0) is 17.5. The van der Waals surface area contributed by atoms with E-state index in [1.807, 2.05) is 0 Å². The fraction of sp³-hybridized carbons (Fsp3) is 0.500. The minimum atomic E-state index is -4.65. The van der Waals surface area contributed by atoms with Gasteiger partial charge in [0.15, 0.2) is 0 Å². The SMILES string of the molecule is Cc1c([N+](=O)[O-])cnc(N2C[C@@H](C(F)(F)F)[C@H](C(=O)O)C2)c1Br. The van der Waals surface area contributed by atoms with E-state index in [0.29, 0.717) is 0 Å². The van der Waals surface area contributed by atoms with Gasteiger partial charge in [-0.15, -0.1) is 0 Å². The Kier molecular flexibility index (Phi) is 4.51. The third-order valence-corrected chi connectivity index (χ3v) is 4.72. The number of aliphatic carboxylic acids is 1. The highest BCUT2D eigenvalue weighted by atomic mass is 79.9. The predicted octanol–water partition coefficient (Wildman–Crippen LogP) is 2.76. The highest BCUT2D eigenvalue weighted by molar-refractivity contribution is 9.10. The van der Waals surface area contributed by atoms with Gasteiger partial charge in [-0.2, -0.15) is 13.2 Å². The van der Waals surface area contributed by atoms with Gasteiger partial charge >= 0.3 is 12.1 Å². The molecule has 0 bridgehead atoms. The first-order valence-electron chi connectivity index (χ1n) is 6.38. The maximum absolute atomic E-state index is 13.0. The summed E-state index contributed by atoms with van der Waals surface area (Å²) in [7, 11) is 0. The van der Waals surface area contributed by atoms with Gasteiger partial charge in [0.25, 0.3) is 5.69 Å². The van der Waals surface area contributed by atoms with E-state index < -0.39 is 35.4 Å². The lowest BCUT2D eigenvalue weighted by Gasteiger charge is -2.20. The molecule has 0 spiro atoms. The van der Waals surface area contributed by atoms with E-state index in [-0.39, 0.29) is 28.1 Å².